The summed E-state index contributed by atoms with van der Waals surface area (Å²) in [5, 5.41) is 0.956. The van der Waals surface area contributed by atoms with E-state index in [-0.39, 0.29) is 11.6 Å². The van der Waals surface area contributed by atoms with Gasteiger partial charge in [0.2, 0.25) is 5.88 Å². The molecule has 1 aromatic carbocycles. The van der Waals surface area contributed by atoms with Crippen LogP contribution >= 0.6 is 0 Å². The first-order chi connectivity index (χ1) is 17.1. The molecule has 0 unspecified atom stereocenters. The third-order valence-corrected chi connectivity index (χ3v) is 7.14. The van der Waals surface area contributed by atoms with Crippen molar-refractivity contribution in [3.05, 3.63) is 76.1 Å². The summed E-state index contributed by atoms with van der Waals surface area (Å²) in [6.45, 7) is 10.1. The number of benzene rings is 1. The molecular formula is C29H36N4O2. The molecule has 0 radical (unpaired) electrons. The topological polar surface area (TPSA) is 50.6 Å². The highest BCUT2D eigenvalue weighted by Gasteiger charge is 2.22. The molecule has 3 heterocycles. The summed E-state index contributed by atoms with van der Waals surface area (Å²) in [5.41, 5.74) is 5.02. The number of fused-ring (bicyclic) bond motifs is 2. The molecule has 3 aromatic rings. The van der Waals surface area contributed by atoms with Gasteiger partial charge in [0.05, 0.1) is 6.61 Å². The molecule has 0 amide bonds. The van der Waals surface area contributed by atoms with Crippen molar-refractivity contribution < 1.29 is 4.74 Å². The fourth-order valence-electron chi connectivity index (χ4n) is 5.28. The van der Waals surface area contributed by atoms with Crippen LogP contribution in [0.5, 0.6) is 5.88 Å². The maximum absolute atomic E-state index is 12.3. The zero-order chi connectivity index (χ0) is 24.2. The van der Waals surface area contributed by atoms with E-state index in [0.717, 1.165) is 63.8 Å². The predicted octanol–water partition coefficient (Wildman–Crippen LogP) is 4.74. The van der Waals surface area contributed by atoms with E-state index in [9.17, 15) is 4.79 Å². The molecule has 5 rings (SSSR count). The monoisotopic (exact) mass is 472 g/mol. The Bertz CT molecular complexity index is 1260. The summed E-state index contributed by atoms with van der Waals surface area (Å²) >= 11 is 0. The molecule has 184 valence electrons. The Morgan fingerprint density at radius 1 is 0.971 bits per heavy atom. The van der Waals surface area contributed by atoms with Gasteiger partial charge in [-0.25, -0.2) is 0 Å². The summed E-state index contributed by atoms with van der Waals surface area (Å²) in [4.78, 5) is 22.0. The molecule has 2 aromatic heterocycles. The number of pyridine rings is 2. The summed E-state index contributed by atoms with van der Waals surface area (Å²) in [6.07, 6.45) is 6.83. The molecule has 1 aliphatic carbocycles. The van der Waals surface area contributed by atoms with Gasteiger partial charge in [0, 0.05) is 61.0 Å². The number of nitrogens with zero attached hydrogens (tertiary/aromatic N) is 4. The average Bonchev–Trinajstić information content (AvgIpc) is 2.88. The van der Waals surface area contributed by atoms with Crippen molar-refractivity contribution >= 4 is 16.7 Å². The molecule has 6 nitrogen and oxygen atoms in total. The number of hydrogen-bond acceptors (Lipinski definition) is 5. The van der Waals surface area contributed by atoms with Crippen LogP contribution in [0.3, 0.4) is 0 Å². The first-order valence-corrected chi connectivity index (χ1v) is 13.0. The number of aryl methyl sites for hydroxylation is 1. The lowest BCUT2D eigenvalue weighted by atomic mass is 9.94. The Kier molecular flexibility index (Phi) is 7.19. The fourth-order valence-corrected chi connectivity index (χ4v) is 5.28. The first kappa shape index (κ1) is 23.6. The quantitative estimate of drug-likeness (QED) is 0.443. The van der Waals surface area contributed by atoms with Crippen LogP contribution in [0.25, 0.3) is 16.7 Å². The number of piperazine rings is 1. The molecule has 0 bridgehead atoms. The fraction of sp³-hybridized carbons (Fsp3) is 0.448. The largest absolute Gasteiger partial charge is 0.478 e. The average molecular weight is 473 g/mol. The summed E-state index contributed by atoms with van der Waals surface area (Å²) in [7, 11) is 0. The Balaban J connectivity index is 1.07. The van der Waals surface area contributed by atoms with Gasteiger partial charge in [-0.1, -0.05) is 30.3 Å². The number of hydrogen-bond donors (Lipinski definition) is 0. The van der Waals surface area contributed by atoms with Crippen LogP contribution in [-0.2, 0) is 6.42 Å². The third-order valence-electron chi connectivity index (χ3n) is 7.14. The highest BCUT2D eigenvalue weighted by molar-refractivity contribution is 5.75. The van der Waals surface area contributed by atoms with E-state index in [1.54, 1.807) is 10.6 Å². The van der Waals surface area contributed by atoms with Gasteiger partial charge in [-0.15, -0.1) is 0 Å². The van der Waals surface area contributed by atoms with Crippen LogP contribution in [0.15, 0.2) is 59.4 Å². The molecule has 0 N–H and O–H groups in total. The van der Waals surface area contributed by atoms with Crippen LogP contribution in [0, 0.1) is 0 Å². The molecule has 6 heteroatoms. The second kappa shape index (κ2) is 10.6. The van der Waals surface area contributed by atoms with Crippen molar-refractivity contribution in [1.29, 1.82) is 0 Å². The molecule has 0 spiro atoms. The number of ether oxygens (including phenoxy) is 1. The van der Waals surface area contributed by atoms with Crippen LogP contribution in [0.1, 0.15) is 50.3 Å². The minimum Gasteiger partial charge on any atom is -0.478 e. The zero-order valence-corrected chi connectivity index (χ0v) is 20.9. The third kappa shape index (κ3) is 5.27. The Morgan fingerprint density at radius 3 is 2.60 bits per heavy atom. The van der Waals surface area contributed by atoms with Crippen molar-refractivity contribution in [2.75, 3.05) is 39.3 Å². The first-order valence-electron chi connectivity index (χ1n) is 13.0. The smallest absolute Gasteiger partial charge is 0.252 e. The van der Waals surface area contributed by atoms with Crippen molar-refractivity contribution in [2.45, 2.75) is 45.6 Å². The predicted molar refractivity (Wildman–Crippen MR) is 142 cm³/mol. The normalized spacial score (nSPS) is 16.4. The molecule has 0 atom stereocenters. The van der Waals surface area contributed by atoms with Gasteiger partial charge in [-0.2, -0.15) is 4.98 Å². The lowest BCUT2D eigenvalue weighted by Crippen LogP contribution is -2.45. The van der Waals surface area contributed by atoms with Crippen molar-refractivity contribution in [3.63, 3.8) is 0 Å². The molecule has 0 saturated carbocycles. The lowest BCUT2D eigenvalue weighted by Gasteiger charge is -2.38. The second-order valence-electron chi connectivity index (χ2n) is 9.87. The lowest BCUT2D eigenvalue weighted by molar-refractivity contribution is 0.169. The minimum absolute atomic E-state index is 0.0266. The molecule has 1 fully saturated rings. The summed E-state index contributed by atoms with van der Waals surface area (Å²) in [6, 6.07) is 16.2. The highest BCUT2D eigenvalue weighted by atomic mass is 16.5. The van der Waals surface area contributed by atoms with Gasteiger partial charge >= 0.3 is 0 Å². The highest BCUT2D eigenvalue weighted by Crippen LogP contribution is 2.29. The van der Waals surface area contributed by atoms with Crippen molar-refractivity contribution in [1.82, 2.24) is 19.4 Å². The standard InChI is InChI=1S/C29H36N4O2/c1-22(2)33-28(34)15-13-24-12-14-27(30-29(24)33)35-21-6-5-16-31-17-19-32(20-18-31)26-11-7-9-23-8-3-4-10-25(23)26/h3-4,8,10-15,22H,5-7,9,16-21H2,1-2H3. The van der Waals surface area contributed by atoms with Crippen molar-refractivity contribution in [3.8, 4) is 5.88 Å². The number of aromatic nitrogens is 2. The maximum atomic E-state index is 12.3. The molecule has 35 heavy (non-hydrogen) atoms. The van der Waals surface area contributed by atoms with Gasteiger partial charge in [0.1, 0.15) is 5.65 Å². The summed E-state index contributed by atoms with van der Waals surface area (Å²) in [5.74, 6) is 0.590. The van der Waals surface area contributed by atoms with Gasteiger partial charge in [-0.05, 0) is 63.8 Å². The van der Waals surface area contributed by atoms with Crippen LogP contribution in [-0.4, -0.2) is 58.7 Å². The van der Waals surface area contributed by atoms with Crippen LogP contribution in [0.2, 0.25) is 0 Å². The van der Waals surface area contributed by atoms with Crippen LogP contribution in [0.4, 0.5) is 0 Å². The number of rotatable bonds is 8. The van der Waals surface area contributed by atoms with Gasteiger partial charge in [0.15, 0.2) is 0 Å². The Labute approximate surface area is 207 Å². The molecular weight excluding hydrogens is 436 g/mol. The second-order valence-corrected chi connectivity index (χ2v) is 9.87. The summed E-state index contributed by atoms with van der Waals surface area (Å²) < 4.78 is 7.67. The molecule has 1 saturated heterocycles. The van der Waals surface area contributed by atoms with E-state index in [1.807, 2.05) is 32.0 Å². The van der Waals surface area contributed by atoms with E-state index in [1.165, 1.54) is 16.8 Å². The van der Waals surface area contributed by atoms with E-state index in [0.29, 0.717) is 18.1 Å². The SMILES string of the molecule is CC(C)n1c(=O)ccc2ccc(OCCCCN3CCN(C4=CCCc5ccccc54)CC3)nc21. The maximum Gasteiger partial charge on any atom is 0.252 e. The van der Waals surface area contributed by atoms with E-state index >= 15 is 0 Å². The minimum atomic E-state index is -0.0266. The van der Waals surface area contributed by atoms with Crippen LogP contribution < -0.4 is 10.3 Å². The van der Waals surface area contributed by atoms with Gasteiger partial charge < -0.3 is 9.64 Å². The van der Waals surface area contributed by atoms with Gasteiger partial charge in [0.25, 0.3) is 5.56 Å². The van der Waals surface area contributed by atoms with Crippen molar-refractivity contribution in [2.24, 2.45) is 0 Å². The molecule has 1 aliphatic heterocycles. The Morgan fingerprint density at radius 2 is 1.77 bits per heavy atom. The number of unbranched alkanes of at least 4 members (excludes halogenated alkanes) is 1. The number of allylic oxidation sites excluding steroid dienone is 1. The van der Waals surface area contributed by atoms with Gasteiger partial charge in [-0.3, -0.25) is 14.3 Å². The Hall–Kier alpha value is -3.12. The van der Waals surface area contributed by atoms with E-state index in [2.05, 4.69) is 45.1 Å². The molecule has 2 aliphatic rings. The zero-order valence-electron chi connectivity index (χ0n) is 20.9. The van der Waals surface area contributed by atoms with E-state index in [4.69, 9.17) is 4.74 Å². The van der Waals surface area contributed by atoms with E-state index < -0.39 is 0 Å².